The van der Waals surface area contributed by atoms with E-state index in [1.165, 1.54) is 54.9 Å². The summed E-state index contributed by atoms with van der Waals surface area (Å²) in [6, 6.07) is 14.4. The molecule has 10 nitrogen and oxygen atoms in total. The zero-order valence-corrected chi connectivity index (χ0v) is 23.3. The fourth-order valence-corrected chi connectivity index (χ4v) is 5.92. The van der Waals surface area contributed by atoms with Gasteiger partial charge in [-0.1, -0.05) is 56.4 Å². The molecule has 0 radical (unpaired) electrons. The molecule has 2 fully saturated rings. The second-order valence-corrected chi connectivity index (χ2v) is 10.7. The van der Waals surface area contributed by atoms with E-state index in [9.17, 15) is 14.5 Å². The van der Waals surface area contributed by atoms with Gasteiger partial charge in [0.15, 0.2) is 0 Å². The van der Waals surface area contributed by atoms with Crippen LogP contribution >= 0.6 is 0 Å². The van der Waals surface area contributed by atoms with Gasteiger partial charge in [0.2, 0.25) is 0 Å². The highest BCUT2D eigenvalue weighted by molar-refractivity contribution is 5.96. The summed E-state index contributed by atoms with van der Waals surface area (Å²) in [6.07, 6.45) is 10.7. The van der Waals surface area contributed by atoms with E-state index < -0.39 is 18.5 Å². The average Bonchev–Trinajstić information content (AvgIpc) is 2.96. The first-order chi connectivity index (χ1) is 19.5. The van der Waals surface area contributed by atoms with Gasteiger partial charge >= 0.3 is 12.0 Å². The van der Waals surface area contributed by atoms with Crippen LogP contribution in [0.3, 0.4) is 0 Å². The normalized spacial score (nSPS) is 17.3. The van der Waals surface area contributed by atoms with Crippen LogP contribution in [0.15, 0.2) is 53.8 Å². The van der Waals surface area contributed by atoms with E-state index in [-0.39, 0.29) is 12.6 Å². The minimum Gasteiger partial charge on any atom is -0.497 e. The number of hydrogen-bond acceptors (Lipinski definition) is 6. The Kier molecular flexibility index (Phi) is 10.7. The summed E-state index contributed by atoms with van der Waals surface area (Å²) in [5.41, 5.74) is 1.84. The van der Waals surface area contributed by atoms with Crippen LogP contribution in [0.4, 0.5) is 16.2 Å². The van der Waals surface area contributed by atoms with Gasteiger partial charge in [0.1, 0.15) is 12.3 Å². The van der Waals surface area contributed by atoms with Gasteiger partial charge in [0, 0.05) is 19.1 Å². The van der Waals surface area contributed by atoms with Crippen LogP contribution in [0.5, 0.6) is 5.75 Å². The molecular formula is C30H41N5O5. The Morgan fingerprint density at radius 2 is 1.57 bits per heavy atom. The molecule has 1 saturated carbocycles. The number of carbonyl (C=O) groups excluding carboxylic acids is 1. The number of aliphatic carboxylic acids is 1. The van der Waals surface area contributed by atoms with E-state index in [4.69, 9.17) is 9.84 Å². The van der Waals surface area contributed by atoms with E-state index in [1.54, 1.807) is 37.4 Å². The van der Waals surface area contributed by atoms with Crippen LogP contribution in [-0.4, -0.2) is 60.8 Å². The highest BCUT2D eigenvalue weighted by atomic mass is 16.5. The molecule has 1 aliphatic carbocycles. The van der Waals surface area contributed by atoms with Gasteiger partial charge in [-0.05, 0) is 55.5 Å². The number of hydrogen-bond donors (Lipinski definition) is 2. The lowest BCUT2D eigenvalue weighted by molar-refractivity contribution is -0.135. The van der Waals surface area contributed by atoms with Crippen molar-refractivity contribution >= 4 is 23.4 Å². The first-order valence-corrected chi connectivity index (χ1v) is 14.4. The Labute approximate surface area is 236 Å². The first kappa shape index (κ1) is 29.3. The highest BCUT2D eigenvalue weighted by Gasteiger charge is 2.32. The molecule has 0 bridgehead atoms. The lowest BCUT2D eigenvalue weighted by atomic mass is 9.93. The fraction of sp³-hybridized carbons (Fsp3) is 0.533. The number of benzene rings is 2. The van der Waals surface area contributed by atoms with Gasteiger partial charge in [-0.25, -0.2) is 9.80 Å². The van der Waals surface area contributed by atoms with E-state index in [1.807, 2.05) is 18.2 Å². The zero-order chi connectivity index (χ0) is 28.3. The summed E-state index contributed by atoms with van der Waals surface area (Å²) in [5.74, 6) is -0.452. The Morgan fingerprint density at radius 1 is 0.950 bits per heavy atom. The third kappa shape index (κ3) is 7.71. The second kappa shape index (κ2) is 14.6. The van der Waals surface area contributed by atoms with E-state index in [0.717, 1.165) is 31.5 Å². The molecule has 2 aromatic carbocycles. The molecule has 40 heavy (non-hydrogen) atoms. The standard InChI is InChI=1S/C30H41N5O5/c1-40-26-15-13-23(14-16-26)22-34(30(38)31-21-29(36)37)27-11-7-8-12-28(27)35(32-39)25-17-19-33(20-18-25)24-9-5-3-2-4-6-10-24/h7-8,11-16,24-25H,2-6,9-10,17-22H2,1H3,(H,31,38)(H,36,37). The smallest absolute Gasteiger partial charge is 0.323 e. The number of anilines is 2. The molecule has 2 amide bonds. The van der Waals surface area contributed by atoms with Crippen molar-refractivity contribution in [3.05, 3.63) is 59.0 Å². The van der Waals surface area contributed by atoms with Gasteiger partial charge < -0.3 is 20.1 Å². The van der Waals surface area contributed by atoms with Gasteiger partial charge in [0.25, 0.3) is 0 Å². The summed E-state index contributed by atoms with van der Waals surface area (Å²) in [4.78, 5) is 40.8. The number of carbonyl (C=O) groups is 2. The van der Waals surface area contributed by atoms with Crippen LogP contribution < -0.4 is 20.0 Å². The van der Waals surface area contributed by atoms with Crippen LogP contribution in [0.2, 0.25) is 0 Å². The lowest BCUT2D eigenvalue weighted by Gasteiger charge is -2.40. The Hall–Kier alpha value is -3.66. The van der Waals surface area contributed by atoms with Crippen molar-refractivity contribution in [2.45, 2.75) is 76.4 Å². The van der Waals surface area contributed by atoms with Crippen LogP contribution in [0.25, 0.3) is 0 Å². The largest absolute Gasteiger partial charge is 0.497 e. The maximum Gasteiger partial charge on any atom is 0.323 e. The summed E-state index contributed by atoms with van der Waals surface area (Å²) >= 11 is 0. The number of ether oxygens (including phenoxy) is 1. The number of para-hydroxylation sites is 2. The fourth-order valence-electron chi connectivity index (χ4n) is 5.92. The van der Waals surface area contributed by atoms with Crippen molar-refractivity contribution in [3.8, 4) is 5.75 Å². The van der Waals surface area contributed by atoms with Crippen molar-refractivity contribution in [2.75, 3.05) is 36.7 Å². The van der Waals surface area contributed by atoms with Gasteiger partial charge in [-0.2, -0.15) is 0 Å². The monoisotopic (exact) mass is 551 g/mol. The number of carboxylic acid groups (broad SMARTS) is 1. The molecule has 1 saturated heterocycles. The topological polar surface area (TPSA) is 115 Å². The number of amides is 2. The van der Waals surface area contributed by atoms with Crippen molar-refractivity contribution in [1.82, 2.24) is 10.2 Å². The number of nitrogens with zero attached hydrogens (tertiary/aromatic N) is 4. The van der Waals surface area contributed by atoms with E-state index >= 15 is 0 Å². The predicted molar refractivity (Wildman–Crippen MR) is 156 cm³/mol. The van der Waals surface area contributed by atoms with Crippen LogP contribution in [-0.2, 0) is 11.3 Å². The number of rotatable bonds is 10. The Bertz CT molecular complexity index is 1110. The first-order valence-electron chi connectivity index (χ1n) is 14.4. The SMILES string of the molecule is COc1ccc(CN(C(=O)NCC(=O)O)c2ccccc2N(N=O)C2CCN(C3CCCCCCC3)CC2)cc1. The molecule has 0 aromatic heterocycles. The summed E-state index contributed by atoms with van der Waals surface area (Å²) < 4.78 is 5.25. The summed E-state index contributed by atoms with van der Waals surface area (Å²) in [5, 5.41) is 16.6. The highest BCUT2D eigenvalue weighted by Crippen LogP contribution is 2.35. The summed E-state index contributed by atoms with van der Waals surface area (Å²) in [6.45, 7) is 1.48. The molecule has 4 rings (SSSR count). The second-order valence-electron chi connectivity index (χ2n) is 10.7. The van der Waals surface area contributed by atoms with Gasteiger partial charge in [0.05, 0.1) is 36.4 Å². The number of urea groups is 1. The van der Waals surface area contributed by atoms with Gasteiger partial charge in [-0.15, -0.1) is 4.91 Å². The van der Waals surface area contributed by atoms with Crippen molar-refractivity contribution in [2.24, 2.45) is 5.29 Å². The maximum absolute atomic E-state index is 13.3. The third-order valence-electron chi connectivity index (χ3n) is 8.08. The van der Waals surface area contributed by atoms with E-state index in [2.05, 4.69) is 15.5 Å². The maximum atomic E-state index is 13.3. The number of nitrogens with one attached hydrogen (secondary N) is 1. The van der Waals surface area contributed by atoms with Crippen molar-refractivity contribution in [1.29, 1.82) is 0 Å². The molecular weight excluding hydrogens is 510 g/mol. The average molecular weight is 552 g/mol. The quantitative estimate of drug-likeness (QED) is 0.293. The Morgan fingerprint density at radius 3 is 2.17 bits per heavy atom. The molecule has 2 aromatic rings. The lowest BCUT2D eigenvalue weighted by Crippen LogP contribution is -2.47. The molecule has 0 unspecified atom stereocenters. The number of methoxy groups -OCH3 is 1. The number of nitroso groups, excluding NO2 is 1. The molecule has 1 heterocycles. The Balaban J connectivity index is 1.54. The minimum atomic E-state index is -1.14. The third-order valence-corrected chi connectivity index (χ3v) is 8.08. The predicted octanol–water partition coefficient (Wildman–Crippen LogP) is 5.56. The molecule has 1 aliphatic heterocycles. The molecule has 0 spiro atoms. The molecule has 10 heteroatoms. The number of piperidine rings is 1. The van der Waals surface area contributed by atoms with Crippen molar-refractivity contribution in [3.63, 3.8) is 0 Å². The molecule has 2 aliphatic rings. The number of likely N-dealkylation sites (tertiary alicyclic amines) is 1. The number of carboxylic acids is 1. The van der Waals surface area contributed by atoms with Crippen LogP contribution in [0.1, 0.15) is 63.4 Å². The van der Waals surface area contributed by atoms with Gasteiger partial charge in [-0.3, -0.25) is 9.69 Å². The summed E-state index contributed by atoms with van der Waals surface area (Å²) in [7, 11) is 1.58. The van der Waals surface area contributed by atoms with Crippen LogP contribution in [0, 0.1) is 4.91 Å². The molecule has 0 atom stereocenters. The zero-order valence-electron chi connectivity index (χ0n) is 23.3. The molecule has 2 N–H and O–H groups in total. The van der Waals surface area contributed by atoms with Crippen molar-refractivity contribution < 1.29 is 19.4 Å². The van der Waals surface area contributed by atoms with E-state index in [0.29, 0.717) is 23.2 Å². The molecule has 216 valence electrons. The minimum absolute atomic E-state index is 0.0895.